The first-order valence-electron chi connectivity index (χ1n) is 10.4. The lowest BCUT2D eigenvalue weighted by Gasteiger charge is -2.16. The zero-order valence-electron chi connectivity index (χ0n) is 18.4. The third kappa shape index (κ3) is 7.33. The molecule has 0 aromatic heterocycles. The fourth-order valence-electron chi connectivity index (χ4n) is 3.44. The molecule has 0 unspecified atom stereocenters. The smallest absolute Gasteiger partial charge is 0.166 e. The third-order valence-electron chi connectivity index (χ3n) is 5.28. The number of carbonyl (C=O) groups excluding carboxylic acids is 1. The molecule has 2 aromatic carbocycles. The van der Waals surface area contributed by atoms with Crippen LogP contribution in [0.2, 0.25) is 0 Å². The van der Waals surface area contributed by atoms with Crippen LogP contribution in [0, 0.1) is 0 Å². The normalized spacial score (nSPS) is 12.2. The molecule has 0 amide bonds. The van der Waals surface area contributed by atoms with E-state index in [9.17, 15) is 30.3 Å². The number of ketones is 1. The molecule has 2 aromatic rings. The number of phenols is 4. The molecule has 2 rings (SSSR count). The summed E-state index contributed by atoms with van der Waals surface area (Å²) in [7, 11) is 0. The molecule has 0 saturated heterocycles. The van der Waals surface area contributed by atoms with E-state index in [-0.39, 0.29) is 40.8 Å². The highest BCUT2D eigenvalue weighted by Crippen LogP contribution is 2.33. The zero-order chi connectivity index (χ0) is 23.2. The Balaban J connectivity index is 2.10. The Morgan fingerprint density at radius 3 is 2.35 bits per heavy atom. The minimum absolute atomic E-state index is 0.101. The van der Waals surface area contributed by atoms with E-state index in [0.29, 0.717) is 24.8 Å². The molecule has 0 aliphatic heterocycles. The van der Waals surface area contributed by atoms with Gasteiger partial charge < -0.3 is 25.5 Å². The molecule has 0 radical (unpaired) electrons. The van der Waals surface area contributed by atoms with Crippen LogP contribution < -0.4 is 0 Å². The standard InChI is InChI=1S/C25H32O6/c1-16(5-4-14-25(2,3)31)6-10-19-17(8-13-22(28)24(19)30)7-12-21(27)20-11-9-18(26)15-23(20)29/h6,8-9,11,13,15,26,28-31H,4-5,7,10,12,14H2,1-3H3. The number of carbonyl (C=O) groups is 1. The highest BCUT2D eigenvalue weighted by molar-refractivity contribution is 5.98. The number of benzene rings is 2. The number of hydrogen-bond donors (Lipinski definition) is 5. The molecule has 0 fully saturated rings. The van der Waals surface area contributed by atoms with Gasteiger partial charge in [-0.05, 0) is 76.6 Å². The van der Waals surface area contributed by atoms with E-state index < -0.39 is 5.60 Å². The van der Waals surface area contributed by atoms with Gasteiger partial charge in [0.2, 0.25) is 0 Å². The van der Waals surface area contributed by atoms with Crippen LogP contribution in [-0.4, -0.2) is 36.9 Å². The molecule has 0 atom stereocenters. The van der Waals surface area contributed by atoms with Crippen molar-refractivity contribution in [2.24, 2.45) is 0 Å². The average Bonchev–Trinajstić information content (AvgIpc) is 2.66. The van der Waals surface area contributed by atoms with Gasteiger partial charge in [-0.25, -0.2) is 0 Å². The second kappa shape index (κ2) is 10.4. The van der Waals surface area contributed by atoms with Gasteiger partial charge in [0, 0.05) is 18.1 Å². The number of rotatable bonds is 10. The molecule has 0 bridgehead atoms. The summed E-state index contributed by atoms with van der Waals surface area (Å²) in [5, 5.41) is 49.4. The number of aliphatic hydroxyl groups is 1. The minimum atomic E-state index is -0.699. The predicted octanol–water partition coefficient (Wildman–Crippen LogP) is 4.75. The largest absolute Gasteiger partial charge is 0.508 e. The first-order valence-corrected chi connectivity index (χ1v) is 10.4. The van der Waals surface area contributed by atoms with Crippen molar-refractivity contribution in [2.45, 2.75) is 64.9 Å². The first kappa shape index (κ1) is 24.3. The van der Waals surface area contributed by atoms with Gasteiger partial charge in [-0.2, -0.15) is 0 Å². The van der Waals surface area contributed by atoms with Crippen molar-refractivity contribution >= 4 is 5.78 Å². The van der Waals surface area contributed by atoms with Gasteiger partial charge in [0.1, 0.15) is 11.5 Å². The van der Waals surface area contributed by atoms with Gasteiger partial charge in [-0.15, -0.1) is 0 Å². The first-order chi connectivity index (χ1) is 14.5. The summed E-state index contributed by atoms with van der Waals surface area (Å²) in [4.78, 5) is 12.5. The Morgan fingerprint density at radius 2 is 1.71 bits per heavy atom. The molecule has 0 aliphatic rings. The predicted molar refractivity (Wildman–Crippen MR) is 120 cm³/mol. The Hall–Kier alpha value is -2.99. The number of aromatic hydroxyl groups is 4. The lowest BCUT2D eigenvalue weighted by molar-refractivity contribution is 0.0689. The van der Waals surface area contributed by atoms with Crippen molar-refractivity contribution < 1.29 is 30.3 Å². The molecule has 6 nitrogen and oxygen atoms in total. The fourth-order valence-corrected chi connectivity index (χ4v) is 3.44. The summed E-state index contributed by atoms with van der Waals surface area (Å²) < 4.78 is 0. The van der Waals surface area contributed by atoms with Crippen LogP contribution >= 0.6 is 0 Å². The van der Waals surface area contributed by atoms with Crippen LogP contribution in [0.5, 0.6) is 23.0 Å². The van der Waals surface area contributed by atoms with Crippen molar-refractivity contribution in [3.05, 3.63) is 58.7 Å². The van der Waals surface area contributed by atoms with Crippen LogP contribution in [0.15, 0.2) is 42.0 Å². The van der Waals surface area contributed by atoms with Crippen molar-refractivity contribution in [3.8, 4) is 23.0 Å². The summed E-state index contributed by atoms with van der Waals surface area (Å²) in [6, 6.07) is 6.93. The monoisotopic (exact) mass is 428 g/mol. The lowest BCUT2D eigenvalue weighted by Crippen LogP contribution is -2.17. The van der Waals surface area contributed by atoms with E-state index in [1.165, 1.54) is 18.2 Å². The van der Waals surface area contributed by atoms with Crippen LogP contribution in [0.3, 0.4) is 0 Å². The molecule has 0 aliphatic carbocycles. The second-order valence-electron chi connectivity index (χ2n) is 8.62. The van der Waals surface area contributed by atoms with Gasteiger partial charge in [0.05, 0.1) is 11.2 Å². The average molecular weight is 429 g/mol. The van der Waals surface area contributed by atoms with Gasteiger partial charge in [-0.3, -0.25) is 4.79 Å². The van der Waals surface area contributed by atoms with E-state index in [0.717, 1.165) is 30.0 Å². The van der Waals surface area contributed by atoms with Crippen molar-refractivity contribution in [1.29, 1.82) is 0 Å². The highest BCUT2D eigenvalue weighted by Gasteiger charge is 2.16. The Bertz CT molecular complexity index is 953. The fraction of sp³-hybridized carbons (Fsp3) is 0.400. The van der Waals surface area contributed by atoms with Crippen molar-refractivity contribution in [3.63, 3.8) is 0 Å². The van der Waals surface area contributed by atoms with E-state index in [1.807, 2.05) is 13.0 Å². The molecular formula is C25H32O6. The zero-order valence-corrected chi connectivity index (χ0v) is 18.4. The third-order valence-corrected chi connectivity index (χ3v) is 5.28. The number of Topliss-reactive ketones (excluding diaryl/α,β-unsaturated/α-hetero) is 1. The van der Waals surface area contributed by atoms with E-state index in [4.69, 9.17) is 0 Å². The Morgan fingerprint density at radius 1 is 1.00 bits per heavy atom. The van der Waals surface area contributed by atoms with E-state index >= 15 is 0 Å². The summed E-state index contributed by atoms with van der Waals surface area (Å²) in [6.07, 6.45) is 5.16. The summed E-state index contributed by atoms with van der Waals surface area (Å²) in [5.74, 6) is -1.09. The molecular weight excluding hydrogens is 396 g/mol. The molecule has 0 spiro atoms. The van der Waals surface area contributed by atoms with Crippen LogP contribution in [0.25, 0.3) is 0 Å². The number of aryl methyl sites for hydroxylation is 1. The molecule has 31 heavy (non-hydrogen) atoms. The van der Waals surface area contributed by atoms with Gasteiger partial charge in [0.15, 0.2) is 17.3 Å². The summed E-state index contributed by atoms with van der Waals surface area (Å²) in [5.41, 5.74) is 1.84. The van der Waals surface area contributed by atoms with Crippen LogP contribution in [0.1, 0.15) is 67.9 Å². The van der Waals surface area contributed by atoms with Crippen molar-refractivity contribution in [2.75, 3.05) is 0 Å². The van der Waals surface area contributed by atoms with Crippen LogP contribution in [0.4, 0.5) is 0 Å². The highest BCUT2D eigenvalue weighted by atomic mass is 16.3. The lowest BCUT2D eigenvalue weighted by atomic mass is 9.94. The van der Waals surface area contributed by atoms with Gasteiger partial charge in [0.25, 0.3) is 0 Å². The molecule has 0 heterocycles. The molecule has 5 N–H and O–H groups in total. The topological polar surface area (TPSA) is 118 Å². The maximum absolute atomic E-state index is 12.5. The Kier molecular flexibility index (Phi) is 8.11. The van der Waals surface area contributed by atoms with Gasteiger partial charge in [-0.1, -0.05) is 17.7 Å². The molecule has 6 heteroatoms. The maximum Gasteiger partial charge on any atom is 0.166 e. The summed E-state index contributed by atoms with van der Waals surface area (Å²) in [6.45, 7) is 5.55. The quantitative estimate of drug-likeness (QED) is 0.212. The molecule has 0 saturated carbocycles. The Labute approximate surface area is 183 Å². The van der Waals surface area contributed by atoms with Gasteiger partial charge >= 0.3 is 0 Å². The van der Waals surface area contributed by atoms with Crippen LogP contribution in [-0.2, 0) is 12.8 Å². The SMILES string of the molecule is CC(=CCc1c(CCC(=O)c2ccc(O)cc2O)ccc(O)c1O)CCCC(C)(C)O. The molecule has 168 valence electrons. The van der Waals surface area contributed by atoms with E-state index in [2.05, 4.69) is 0 Å². The number of hydrogen-bond acceptors (Lipinski definition) is 6. The van der Waals surface area contributed by atoms with E-state index in [1.54, 1.807) is 19.9 Å². The number of allylic oxidation sites excluding steroid dienone is 2. The van der Waals surface area contributed by atoms with Crippen molar-refractivity contribution in [1.82, 2.24) is 0 Å². The summed E-state index contributed by atoms with van der Waals surface area (Å²) >= 11 is 0. The maximum atomic E-state index is 12.5. The number of phenolic OH excluding ortho intramolecular Hbond substituents is 4. The minimum Gasteiger partial charge on any atom is -0.508 e. The second-order valence-corrected chi connectivity index (χ2v) is 8.62.